The highest BCUT2D eigenvalue weighted by Crippen LogP contribution is 2.21. The predicted molar refractivity (Wildman–Crippen MR) is 70.3 cm³/mol. The van der Waals surface area contributed by atoms with Crippen molar-refractivity contribution in [3.63, 3.8) is 0 Å². The van der Waals surface area contributed by atoms with E-state index in [1.54, 1.807) is 32.5 Å². The van der Waals surface area contributed by atoms with Crippen molar-refractivity contribution >= 4 is 5.95 Å². The quantitative estimate of drug-likeness (QED) is 0.870. The number of anilines is 1. The van der Waals surface area contributed by atoms with Crippen LogP contribution in [0.25, 0.3) is 11.4 Å². The molecule has 0 aliphatic carbocycles. The Morgan fingerprint density at radius 1 is 1.26 bits per heavy atom. The summed E-state index contributed by atoms with van der Waals surface area (Å²) in [5.74, 6) is 1.45. The molecule has 2 heterocycles. The molecule has 0 saturated carbocycles. The second-order valence-corrected chi connectivity index (χ2v) is 3.54. The van der Waals surface area contributed by atoms with E-state index in [4.69, 9.17) is 9.47 Å². The SMILES string of the molecule is CCOc1nc(NC)nc(-c2ccnc(OC)c2)n1. The molecule has 0 bridgehead atoms. The minimum Gasteiger partial charge on any atom is -0.481 e. The minimum absolute atomic E-state index is 0.285. The molecule has 0 aliphatic heterocycles. The summed E-state index contributed by atoms with van der Waals surface area (Å²) >= 11 is 0. The topological polar surface area (TPSA) is 82.0 Å². The molecule has 19 heavy (non-hydrogen) atoms. The number of methoxy groups -OCH3 is 1. The van der Waals surface area contributed by atoms with Crippen LogP contribution in [-0.2, 0) is 0 Å². The van der Waals surface area contributed by atoms with E-state index in [0.29, 0.717) is 24.3 Å². The largest absolute Gasteiger partial charge is 0.481 e. The van der Waals surface area contributed by atoms with E-state index in [2.05, 4.69) is 25.3 Å². The number of nitrogens with one attached hydrogen (secondary N) is 1. The van der Waals surface area contributed by atoms with Crippen molar-refractivity contribution < 1.29 is 9.47 Å². The first-order chi connectivity index (χ1) is 9.26. The monoisotopic (exact) mass is 261 g/mol. The lowest BCUT2D eigenvalue weighted by Crippen LogP contribution is -2.05. The zero-order valence-electron chi connectivity index (χ0n) is 11.0. The van der Waals surface area contributed by atoms with Crippen molar-refractivity contribution in [1.82, 2.24) is 19.9 Å². The van der Waals surface area contributed by atoms with Gasteiger partial charge in [0.2, 0.25) is 11.8 Å². The molecular formula is C12H15N5O2. The average Bonchev–Trinajstić information content (AvgIpc) is 2.47. The number of ether oxygens (including phenoxy) is 2. The smallest absolute Gasteiger partial charge is 0.321 e. The summed E-state index contributed by atoms with van der Waals surface area (Å²) in [5.41, 5.74) is 0.784. The Kier molecular flexibility index (Phi) is 4.07. The minimum atomic E-state index is 0.285. The Hall–Kier alpha value is -2.44. The van der Waals surface area contributed by atoms with Gasteiger partial charge in [0.15, 0.2) is 5.82 Å². The van der Waals surface area contributed by atoms with Gasteiger partial charge in [-0.3, -0.25) is 0 Å². The van der Waals surface area contributed by atoms with Gasteiger partial charge in [0, 0.05) is 24.9 Å². The van der Waals surface area contributed by atoms with Crippen molar-refractivity contribution in [1.29, 1.82) is 0 Å². The van der Waals surface area contributed by atoms with Crippen LogP contribution in [0.1, 0.15) is 6.92 Å². The van der Waals surface area contributed by atoms with Crippen LogP contribution in [0.4, 0.5) is 5.95 Å². The Bertz CT molecular complexity index is 562. The van der Waals surface area contributed by atoms with E-state index in [0.717, 1.165) is 5.56 Å². The van der Waals surface area contributed by atoms with Crippen molar-refractivity contribution in [2.45, 2.75) is 6.92 Å². The number of hydrogen-bond donors (Lipinski definition) is 1. The Morgan fingerprint density at radius 2 is 2.11 bits per heavy atom. The van der Waals surface area contributed by atoms with Crippen LogP contribution in [0.5, 0.6) is 11.9 Å². The van der Waals surface area contributed by atoms with Gasteiger partial charge < -0.3 is 14.8 Å². The molecule has 2 aromatic rings. The lowest BCUT2D eigenvalue weighted by atomic mass is 10.2. The Labute approximate surface area is 111 Å². The molecule has 7 nitrogen and oxygen atoms in total. The second kappa shape index (κ2) is 5.94. The van der Waals surface area contributed by atoms with E-state index in [1.807, 2.05) is 6.92 Å². The van der Waals surface area contributed by atoms with Gasteiger partial charge >= 0.3 is 6.01 Å². The maximum Gasteiger partial charge on any atom is 0.321 e. The third-order valence-electron chi connectivity index (χ3n) is 2.31. The number of aromatic nitrogens is 4. The fourth-order valence-electron chi connectivity index (χ4n) is 1.45. The molecule has 0 spiro atoms. The van der Waals surface area contributed by atoms with Gasteiger partial charge in [-0.15, -0.1) is 0 Å². The normalized spacial score (nSPS) is 10.1. The van der Waals surface area contributed by atoms with Gasteiger partial charge in [0.05, 0.1) is 13.7 Å². The van der Waals surface area contributed by atoms with Gasteiger partial charge in [0.25, 0.3) is 0 Å². The third-order valence-corrected chi connectivity index (χ3v) is 2.31. The number of hydrogen-bond acceptors (Lipinski definition) is 7. The first-order valence-corrected chi connectivity index (χ1v) is 5.84. The number of rotatable bonds is 5. The lowest BCUT2D eigenvalue weighted by molar-refractivity contribution is 0.312. The van der Waals surface area contributed by atoms with Gasteiger partial charge in [-0.05, 0) is 13.0 Å². The van der Waals surface area contributed by atoms with Gasteiger partial charge in [-0.2, -0.15) is 15.0 Å². The van der Waals surface area contributed by atoms with Crippen molar-refractivity contribution in [2.75, 3.05) is 26.1 Å². The highest BCUT2D eigenvalue weighted by Gasteiger charge is 2.09. The molecular weight excluding hydrogens is 246 g/mol. The summed E-state index contributed by atoms with van der Waals surface area (Å²) in [6.45, 7) is 2.37. The van der Waals surface area contributed by atoms with E-state index in [1.165, 1.54) is 0 Å². The molecule has 0 aromatic carbocycles. The molecule has 0 aliphatic rings. The first kappa shape index (κ1) is 13.0. The summed E-state index contributed by atoms with van der Waals surface area (Å²) < 4.78 is 10.4. The maximum absolute atomic E-state index is 5.32. The van der Waals surface area contributed by atoms with E-state index >= 15 is 0 Å². The van der Waals surface area contributed by atoms with Crippen molar-refractivity contribution in [3.05, 3.63) is 18.3 Å². The highest BCUT2D eigenvalue weighted by molar-refractivity contribution is 5.57. The van der Waals surface area contributed by atoms with Gasteiger partial charge in [0.1, 0.15) is 0 Å². The average molecular weight is 261 g/mol. The fraction of sp³-hybridized carbons (Fsp3) is 0.333. The van der Waals surface area contributed by atoms with Crippen LogP contribution in [0.2, 0.25) is 0 Å². The summed E-state index contributed by atoms with van der Waals surface area (Å²) in [4.78, 5) is 16.7. The molecule has 100 valence electrons. The lowest BCUT2D eigenvalue weighted by Gasteiger charge is -2.07. The number of pyridine rings is 1. The third kappa shape index (κ3) is 3.06. The molecule has 0 radical (unpaired) electrons. The van der Waals surface area contributed by atoms with Crippen molar-refractivity contribution in [2.24, 2.45) is 0 Å². The predicted octanol–water partition coefficient (Wildman–Crippen LogP) is 1.38. The molecule has 2 rings (SSSR count). The molecule has 0 unspecified atom stereocenters. The summed E-state index contributed by atoms with van der Waals surface area (Å²) in [6.07, 6.45) is 1.64. The fourth-order valence-corrected chi connectivity index (χ4v) is 1.45. The maximum atomic E-state index is 5.32. The molecule has 0 atom stereocenters. The summed E-state index contributed by atoms with van der Waals surface area (Å²) in [7, 11) is 3.30. The van der Waals surface area contributed by atoms with Crippen LogP contribution in [0, 0.1) is 0 Å². The van der Waals surface area contributed by atoms with E-state index in [9.17, 15) is 0 Å². The van der Waals surface area contributed by atoms with Crippen molar-refractivity contribution in [3.8, 4) is 23.3 Å². The zero-order chi connectivity index (χ0) is 13.7. The molecule has 2 aromatic heterocycles. The summed E-state index contributed by atoms with van der Waals surface area (Å²) in [6, 6.07) is 3.84. The molecule has 0 amide bonds. The summed E-state index contributed by atoms with van der Waals surface area (Å²) in [5, 5.41) is 2.88. The Morgan fingerprint density at radius 3 is 2.79 bits per heavy atom. The Balaban J connectivity index is 2.44. The van der Waals surface area contributed by atoms with Crippen LogP contribution in [-0.4, -0.2) is 40.7 Å². The van der Waals surface area contributed by atoms with Crippen LogP contribution >= 0.6 is 0 Å². The highest BCUT2D eigenvalue weighted by atomic mass is 16.5. The standard InChI is InChI=1S/C12H15N5O2/c1-4-19-12-16-10(15-11(13-2)17-12)8-5-6-14-9(7-8)18-3/h5-7H,4H2,1-3H3,(H,13,15,16,17). The van der Waals surface area contributed by atoms with E-state index in [-0.39, 0.29) is 6.01 Å². The van der Waals surface area contributed by atoms with E-state index < -0.39 is 0 Å². The second-order valence-electron chi connectivity index (χ2n) is 3.54. The zero-order valence-corrected chi connectivity index (χ0v) is 11.0. The van der Waals surface area contributed by atoms with Gasteiger partial charge in [-0.1, -0.05) is 0 Å². The first-order valence-electron chi connectivity index (χ1n) is 5.84. The van der Waals surface area contributed by atoms with Crippen LogP contribution in [0.15, 0.2) is 18.3 Å². The molecule has 1 N–H and O–H groups in total. The van der Waals surface area contributed by atoms with Gasteiger partial charge in [-0.25, -0.2) is 4.98 Å². The van der Waals surface area contributed by atoms with Crippen LogP contribution in [0.3, 0.4) is 0 Å². The molecule has 0 fully saturated rings. The van der Waals surface area contributed by atoms with Crippen LogP contribution < -0.4 is 14.8 Å². The molecule has 0 saturated heterocycles. The molecule has 7 heteroatoms. The number of nitrogens with zero attached hydrogens (tertiary/aromatic N) is 4.